The lowest BCUT2D eigenvalue weighted by Gasteiger charge is -2.23. The number of nitriles is 1. The summed E-state index contributed by atoms with van der Waals surface area (Å²) in [6, 6.07) is 19.6. The predicted octanol–water partition coefficient (Wildman–Crippen LogP) is 4.92. The highest BCUT2D eigenvalue weighted by Gasteiger charge is 2.15. The molecule has 1 heterocycles. The van der Waals surface area contributed by atoms with Gasteiger partial charge in [0.15, 0.2) is 0 Å². The van der Waals surface area contributed by atoms with Gasteiger partial charge in [0.1, 0.15) is 5.82 Å². The fraction of sp³-hybridized carbons (Fsp3) is 0.182. The zero-order valence-electron chi connectivity index (χ0n) is 14.8. The minimum absolute atomic E-state index is 0.0250. The van der Waals surface area contributed by atoms with Crippen LogP contribution >= 0.6 is 11.3 Å². The van der Waals surface area contributed by atoms with Gasteiger partial charge in [0.05, 0.1) is 11.6 Å². The normalized spacial score (nSPS) is 10.4. The molecular weight excluding hydrogens is 359 g/mol. The van der Waals surface area contributed by atoms with Gasteiger partial charge in [-0.3, -0.25) is 4.79 Å². The van der Waals surface area contributed by atoms with Gasteiger partial charge < -0.3 is 4.90 Å². The highest BCUT2D eigenvalue weighted by atomic mass is 32.1. The quantitative estimate of drug-likeness (QED) is 0.586. The lowest BCUT2D eigenvalue weighted by molar-refractivity contribution is -0.132. The number of thiophene rings is 1. The van der Waals surface area contributed by atoms with Crippen molar-refractivity contribution in [2.24, 2.45) is 0 Å². The fourth-order valence-electron chi connectivity index (χ4n) is 2.84. The molecule has 3 nitrogen and oxygen atoms in total. The van der Waals surface area contributed by atoms with Crippen molar-refractivity contribution in [3.8, 4) is 6.07 Å². The van der Waals surface area contributed by atoms with Crippen molar-refractivity contribution in [3.63, 3.8) is 0 Å². The first-order valence-electron chi connectivity index (χ1n) is 8.67. The van der Waals surface area contributed by atoms with Crippen LogP contribution in [0.15, 0.2) is 66.0 Å². The third kappa shape index (κ3) is 5.50. The number of halogens is 1. The van der Waals surface area contributed by atoms with Crippen molar-refractivity contribution in [1.29, 1.82) is 5.26 Å². The van der Waals surface area contributed by atoms with E-state index < -0.39 is 0 Å². The monoisotopic (exact) mass is 378 g/mol. The minimum atomic E-state index is -0.308. The summed E-state index contributed by atoms with van der Waals surface area (Å²) in [6.07, 6.45) is 1.11. The number of aryl methyl sites for hydroxylation is 1. The number of hydrogen-bond donors (Lipinski definition) is 0. The molecule has 0 saturated carbocycles. The average Bonchev–Trinajstić information content (AvgIpc) is 3.20. The molecule has 1 aromatic heterocycles. The van der Waals surface area contributed by atoms with Crippen molar-refractivity contribution < 1.29 is 9.18 Å². The van der Waals surface area contributed by atoms with Crippen LogP contribution in [0.2, 0.25) is 0 Å². The number of carbonyl (C=O) groups is 1. The maximum Gasteiger partial charge on any atom is 0.223 e. The standard InChI is InChI=1S/C22H19FN2OS/c23-20-4-1-3-19(13-20)16-25(15-18-8-6-17(14-24)7-9-18)22(26)11-10-21-5-2-12-27-21/h1-9,12-13H,10-11,15-16H2. The Kier molecular flexibility index (Phi) is 6.35. The third-order valence-corrected chi connectivity index (χ3v) is 5.17. The zero-order valence-corrected chi connectivity index (χ0v) is 15.6. The summed E-state index contributed by atoms with van der Waals surface area (Å²) in [7, 11) is 0. The summed E-state index contributed by atoms with van der Waals surface area (Å²) in [5, 5.41) is 10.9. The van der Waals surface area contributed by atoms with Crippen LogP contribution in [0.25, 0.3) is 0 Å². The molecule has 0 unspecified atom stereocenters. The average molecular weight is 378 g/mol. The van der Waals surface area contributed by atoms with Crippen molar-refractivity contribution in [1.82, 2.24) is 4.90 Å². The Hall–Kier alpha value is -2.97. The van der Waals surface area contributed by atoms with Crippen LogP contribution in [0.3, 0.4) is 0 Å². The Morgan fingerprint density at radius 2 is 1.81 bits per heavy atom. The van der Waals surface area contributed by atoms with Crippen LogP contribution in [0.1, 0.15) is 28.0 Å². The maximum atomic E-state index is 13.5. The number of benzene rings is 2. The van der Waals surface area contributed by atoms with Crippen LogP contribution in [0.5, 0.6) is 0 Å². The van der Waals surface area contributed by atoms with E-state index in [1.165, 1.54) is 17.0 Å². The molecule has 0 saturated heterocycles. The summed E-state index contributed by atoms with van der Waals surface area (Å²) in [4.78, 5) is 15.8. The topological polar surface area (TPSA) is 44.1 Å². The van der Waals surface area contributed by atoms with Crippen molar-refractivity contribution in [3.05, 3.63) is 93.4 Å². The molecule has 0 aliphatic heterocycles. The van der Waals surface area contributed by atoms with Crippen LogP contribution in [-0.2, 0) is 24.3 Å². The second kappa shape index (κ2) is 9.11. The molecule has 0 aliphatic rings. The molecule has 136 valence electrons. The molecule has 1 amide bonds. The molecule has 5 heteroatoms. The molecule has 0 N–H and O–H groups in total. The van der Waals surface area contributed by atoms with E-state index >= 15 is 0 Å². The molecule has 3 aromatic rings. The lowest BCUT2D eigenvalue weighted by atomic mass is 10.1. The van der Waals surface area contributed by atoms with Gasteiger partial charge in [-0.05, 0) is 53.3 Å². The molecule has 2 aromatic carbocycles. The molecule has 27 heavy (non-hydrogen) atoms. The Labute approximate surface area is 162 Å². The summed E-state index contributed by atoms with van der Waals surface area (Å²) in [5.74, 6) is -0.283. The molecule has 3 rings (SSSR count). The summed E-state index contributed by atoms with van der Waals surface area (Å²) < 4.78 is 13.5. The molecule has 0 aliphatic carbocycles. The molecule has 0 spiro atoms. The molecular formula is C22H19FN2OS. The smallest absolute Gasteiger partial charge is 0.223 e. The lowest BCUT2D eigenvalue weighted by Crippen LogP contribution is -2.30. The molecule has 0 fully saturated rings. The largest absolute Gasteiger partial charge is 0.334 e. The number of amides is 1. The SMILES string of the molecule is N#Cc1ccc(CN(Cc2cccc(F)c2)C(=O)CCc2cccs2)cc1. The van der Waals surface area contributed by atoms with Gasteiger partial charge >= 0.3 is 0 Å². The Morgan fingerprint density at radius 3 is 2.48 bits per heavy atom. The van der Waals surface area contributed by atoms with Gasteiger partial charge in [0.2, 0.25) is 5.91 Å². The molecule has 0 atom stereocenters. The van der Waals surface area contributed by atoms with Crippen LogP contribution in [-0.4, -0.2) is 10.8 Å². The summed E-state index contributed by atoms with van der Waals surface area (Å²) in [5.41, 5.74) is 2.28. The van der Waals surface area contributed by atoms with E-state index in [1.54, 1.807) is 34.4 Å². The number of nitrogens with zero attached hydrogens (tertiary/aromatic N) is 2. The Bertz CT molecular complexity index is 930. The van der Waals surface area contributed by atoms with Gasteiger partial charge in [0.25, 0.3) is 0 Å². The first-order chi connectivity index (χ1) is 13.1. The van der Waals surface area contributed by atoms with Crippen LogP contribution in [0.4, 0.5) is 4.39 Å². The van der Waals surface area contributed by atoms with E-state index in [0.29, 0.717) is 31.5 Å². The van der Waals surface area contributed by atoms with Crippen molar-refractivity contribution in [2.45, 2.75) is 25.9 Å². The number of rotatable bonds is 7. The van der Waals surface area contributed by atoms with Gasteiger partial charge in [-0.1, -0.05) is 30.3 Å². The minimum Gasteiger partial charge on any atom is -0.334 e. The second-order valence-corrected chi connectivity index (χ2v) is 7.30. The van der Waals surface area contributed by atoms with Gasteiger partial charge in [-0.15, -0.1) is 11.3 Å². The van der Waals surface area contributed by atoms with Crippen LogP contribution < -0.4 is 0 Å². The Balaban J connectivity index is 1.74. The second-order valence-electron chi connectivity index (χ2n) is 6.27. The van der Waals surface area contributed by atoms with Crippen LogP contribution in [0, 0.1) is 17.1 Å². The maximum absolute atomic E-state index is 13.5. The van der Waals surface area contributed by atoms with Crippen molar-refractivity contribution in [2.75, 3.05) is 0 Å². The number of hydrogen-bond acceptors (Lipinski definition) is 3. The molecule has 0 bridgehead atoms. The highest BCUT2D eigenvalue weighted by Crippen LogP contribution is 2.16. The van der Waals surface area contributed by atoms with Gasteiger partial charge in [-0.25, -0.2) is 4.39 Å². The van der Waals surface area contributed by atoms with Gasteiger partial charge in [-0.2, -0.15) is 5.26 Å². The Morgan fingerprint density at radius 1 is 1.04 bits per heavy atom. The van der Waals surface area contributed by atoms with E-state index in [4.69, 9.17) is 5.26 Å². The third-order valence-electron chi connectivity index (χ3n) is 4.24. The van der Waals surface area contributed by atoms with E-state index in [1.807, 2.05) is 35.7 Å². The predicted molar refractivity (Wildman–Crippen MR) is 104 cm³/mol. The summed E-state index contributed by atoms with van der Waals surface area (Å²) >= 11 is 1.64. The van der Waals surface area contributed by atoms with E-state index in [-0.39, 0.29) is 11.7 Å². The van der Waals surface area contributed by atoms with E-state index in [0.717, 1.165) is 11.1 Å². The first-order valence-corrected chi connectivity index (χ1v) is 9.55. The molecule has 0 radical (unpaired) electrons. The van der Waals surface area contributed by atoms with E-state index in [2.05, 4.69) is 6.07 Å². The highest BCUT2D eigenvalue weighted by molar-refractivity contribution is 7.09. The van der Waals surface area contributed by atoms with E-state index in [9.17, 15) is 9.18 Å². The fourth-order valence-corrected chi connectivity index (χ4v) is 3.55. The van der Waals surface area contributed by atoms with Gasteiger partial charge in [0, 0.05) is 24.4 Å². The van der Waals surface area contributed by atoms with Crippen molar-refractivity contribution >= 4 is 17.2 Å². The zero-order chi connectivity index (χ0) is 19.1. The number of carbonyl (C=O) groups excluding carboxylic acids is 1. The first kappa shape index (κ1) is 18.8. The summed E-state index contributed by atoms with van der Waals surface area (Å²) in [6.45, 7) is 0.770.